The van der Waals surface area contributed by atoms with E-state index in [1.807, 2.05) is 36.4 Å². The summed E-state index contributed by atoms with van der Waals surface area (Å²) in [7, 11) is -2.09. The van der Waals surface area contributed by atoms with Crippen LogP contribution in [0.2, 0.25) is 0 Å². The van der Waals surface area contributed by atoms with E-state index in [1.54, 1.807) is 0 Å². The third-order valence-electron chi connectivity index (χ3n) is 5.72. The molecule has 3 nitrogen and oxygen atoms in total. The highest BCUT2D eigenvalue weighted by molar-refractivity contribution is 7.41. The summed E-state index contributed by atoms with van der Waals surface area (Å²) in [6.07, 6.45) is 0. The molecule has 4 rings (SSSR count). The molecular formula is C28H31O3P. The Bertz CT molecular complexity index is 1170. The van der Waals surface area contributed by atoms with E-state index in [0.717, 1.165) is 21.5 Å². The average Bonchev–Trinajstić information content (AvgIpc) is 2.71. The van der Waals surface area contributed by atoms with E-state index in [-0.39, 0.29) is 10.8 Å². The second-order valence-corrected chi connectivity index (χ2v) is 11.2. The first-order valence-electron chi connectivity index (χ1n) is 10.9. The van der Waals surface area contributed by atoms with Gasteiger partial charge in [0.2, 0.25) is 0 Å². The van der Waals surface area contributed by atoms with Crippen LogP contribution in [0.4, 0.5) is 0 Å². The number of hydrogen-bond acceptors (Lipinski definition) is 3. The Kier molecular flexibility index (Phi) is 5.92. The molecular weight excluding hydrogens is 415 g/mol. The molecule has 32 heavy (non-hydrogen) atoms. The summed E-state index contributed by atoms with van der Waals surface area (Å²) >= 11 is 0. The van der Waals surface area contributed by atoms with Crippen molar-refractivity contribution >= 4 is 30.1 Å². The zero-order chi connectivity index (χ0) is 23.1. The van der Waals surface area contributed by atoms with E-state index in [4.69, 9.17) is 9.05 Å². The number of benzene rings is 4. The molecule has 0 aliphatic heterocycles. The lowest BCUT2D eigenvalue weighted by Gasteiger charge is -2.20. The zero-order valence-corrected chi connectivity index (χ0v) is 20.5. The second-order valence-electron chi connectivity index (χ2n) is 10.4. The molecule has 0 saturated heterocycles. The van der Waals surface area contributed by atoms with Crippen LogP contribution in [0, 0.1) is 0 Å². The highest BCUT2D eigenvalue weighted by Crippen LogP contribution is 2.39. The van der Waals surface area contributed by atoms with E-state index in [2.05, 4.69) is 77.9 Å². The minimum Gasteiger partial charge on any atom is -0.418 e. The van der Waals surface area contributed by atoms with Gasteiger partial charge in [0.05, 0.1) is 0 Å². The third-order valence-corrected chi connectivity index (χ3v) is 6.46. The lowest BCUT2D eigenvalue weighted by atomic mass is 9.86. The maximum Gasteiger partial charge on any atom is 0.460 e. The molecule has 1 N–H and O–H groups in total. The van der Waals surface area contributed by atoms with Gasteiger partial charge in [0, 0.05) is 0 Å². The Morgan fingerprint density at radius 1 is 0.531 bits per heavy atom. The molecule has 0 aliphatic carbocycles. The fourth-order valence-electron chi connectivity index (χ4n) is 3.69. The molecule has 0 saturated carbocycles. The van der Waals surface area contributed by atoms with Crippen molar-refractivity contribution in [3.63, 3.8) is 0 Å². The Balaban J connectivity index is 1.48. The lowest BCUT2D eigenvalue weighted by molar-refractivity contribution is 0.382. The van der Waals surface area contributed by atoms with Crippen LogP contribution in [0.1, 0.15) is 52.7 Å². The molecule has 0 radical (unpaired) electrons. The summed E-state index contributed by atoms with van der Waals surface area (Å²) in [4.78, 5) is 10.4. The van der Waals surface area contributed by atoms with Crippen molar-refractivity contribution in [2.45, 2.75) is 52.4 Å². The monoisotopic (exact) mass is 446 g/mol. The van der Waals surface area contributed by atoms with E-state index >= 15 is 0 Å². The summed E-state index contributed by atoms with van der Waals surface area (Å²) < 4.78 is 11.4. The minimum atomic E-state index is -2.09. The molecule has 166 valence electrons. The lowest BCUT2D eigenvalue weighted by Crippen LogP contribution is -2.10. The second kappa shape index (κ2) is 8.39. The molecule has 0 atom stereocenters. The van der Waals surface area contributed by atoms with E-state index in [1.165, 1.54) is 11.1 Å². The highest BCUT2D eigenvalue weighted by Gasteiger charge is 2.16. The van der Waals surface area contributed by atoms with Gasteiger partial charge in [-0.15, -0.1) is 0 Å². The average molecular weight is 447 g/mol. The molecule has 0 aromatic heterocycles. The fraction of sp³-hybridized carbons (Fsp3) is 0.286. The van der Waals surface area contributed by atoms with Crippen molar-refractivity contribution < 1.29 is 13.9 Å². The molecule has 0 spiro atoms. The molecule has 0 heterocycles. The predicted molar refractivity (Wildman–Crippen MR) is 136 cm³/mol. The molecule has 4 aromatic rings. The Hall–Kier alpha value is -2.61. The van der Waals surface area contributed by atoms with Crippen molar-refractivity contribution in [2.24, 2.45) is 0 Å². The highest BCUT2D eigenvalue weighted by atomic mass is 31.2. The van der Waals surface area contributed by atoms with Crippen LogP contribution in [-0.2, 0) is 10.8 Å². The number of hydrogen-bond donors (Lipinski definition) is 1. The van der Waals surface area contributed by atoms with Crippen LogP contribution >= 0.6 is 8.60 Å². The van der Waals surface area contributed by atoms with Crippen molar-refractivity contribution in [3.8, 4) is 11.5 Å². The van der Waals surface area contributed by atoms with Crippen LogP contribution in [-0.4, -0.2) is 4.89 Å². The van der Waals surface area contributed by atoms with Crippen LogP contribution in [0.5, 0.6) is 11.5 Å². The summed E-state index contributed by atoms with van der Waals surface area (Å²) in [6.45, 7) is 13.2. The van der Waals surface area contributed by atoms with Gasteiger partial charge in [-0.2, -0.15) is 0 Å². The summed E-state index contributed by atoms with van der Waals surface area (Å²) in [5, 5.41) is 4.44. The quantitative estimate of drug-likeness (QED) is 0.321. The minimum absolute atomic E-state index is 0.102. The molecule has 0 fully saturated rings. The van der Waals surface area contributed by atoms with Gasteiger partial charge in [0.1, 0.15) is 11.5 Å². The maximum absolute atomic E-state index is 10.4. The molecule has 0 unspecified atom stereocenters. The summed E-state index contributed by atoms with van der Waals surface area (Å²) in [6, 6.07) is 24.5. The van der Waals surface area contributed by atoms with Gasteiger partial charge in [-0.1, -0.05) is 90.1 Å². The predicted octanol–water partition coefficient (Wildman–Crippen LogP) is 8.27. The van der Waals surface area contributed by atoms with Crippen LogP contribution in [0.15, 0.2) is 72.8 Å². The van der Waals surface area contributed by atoms with Crippen LogP contribution in [0.25, 0.3) is 21.5 Å². The Morgan fingerprint density at radius 3 is 1.25 bits per heavy atom. The first kappa shape index (κ1) is 22.6. The molecule has 0 bridgehead atoms. The largest absolute Gasteiger partial charge is 0.460 e. The first-order chi connectivity index (χ1) is 15.0. The van der Waals surface area contributed by atoms with Gasteiger partial charge in [0.25, 0.3) is 0 Å². The van der Waals surface area contributed by atoms with Crippen molar-refractivity contribution in [1.82, 2.24) is 0 Å². The molecule has 4 aromatic carbocycles. The van der Waals surface area contributed by atoms with Crippen LogP contribution < -0.4 is 9.05 Å². The maximum atomic E-state index is 10.4. The third kappa shape index (κ3) is 5.06. The molecule has 0 amide bonds. The zero-order valence-electron chi connectivity index (χ0n) is 19.6. The van der Waals surface area contributed by atoms with E-state index in [9.17, 15) is 4.89 Å². The Labute approximate surface area is 192 Å². The van der Waals surface area contributed by atoms with Gasteiger partial charge in [0.15, 0.2) is 0 Å². The SMILES string of the molecule is CC(C)(C)c1ccc2cc(OP(O)Oc3ccc4cc(C(C)(C)C)ccc4c3)ccc2c1. The first-order valence-corrected chi connectivity index (χ1v) is 12.1. The van der Waals surface area contributed by atoms with E-state index < -0.39 is 8.60 Å². The number of rotatable bonds is 4. The molecule has 0 aliphatic rings. The van der Waals surface area contributed by atoms with Gasteiger partial charge in [-0.25, -0.2) is 0 Å². The van der Waals surface area contributed by atoms with Gasteiger partial charge in [-0.3, -0.25) is 0 Å². The smallest absolute Gasteiger partial charge is 0.418 e. The topological polar surface area (TPSA) is 38.7 Å². The standard InChI is InChI=1S/C28H31O3P/c1-27(2,3)23-11-7-21-17-25(13-9-19(21)15-23)30-32(29)31-26-14-10-20-16-24(28(4,5)6)12-8-22(20)18-26/h7-18,29H,1-6H3. The summed E-state index contributed by atoms with van der Waals surface area (Å²) in [5.41, 5.74) is 2.78. The normalized spacial score (nSPS) is 12.5. The molecule has 4 heteroatoms. The number of fused-ring (bicyclic) bond motifs is 2. The van der Waals surface area contributed by atoms with Gasteiger partial charge in [-0.05, 0) is 67.8 Å². The van der Waals surface area contributed by atoms with Crippen molar-refractivity contribution in [2.75, 3.05) is 0 Å². The van der Waals surface area contributed by atoms with E-state index in [0.29, 0.717) is 11.5 Å². The van der Waals surface area contributed by atoms with Gasteiger partial charge < -0.3 is 13.9 Å². The van der Waals surface area contributed by atoms with Crippen LogP contribution in [0.3, 0.4) is 0 Å². The fourth-order valence-corrected chi connectivity index (χ4v) is 4.32. The van der Waals surface area contributed by atoms with Crippen molar-refractivity contribution in [3.05, 3.63) is 83.9 Å². The Morgan fingerprint density at radius 2 is 0.875 bits per heavy atom. The van der Waals surface area contributed by atoms with Gasteiger partial charge >= 0.3 is 8.60 Å². The summed E-state index contributed by atoms with van der Waals surface area (Å²) in [5.74, 6) is 1.18. The van der Waals surface area contributed by atoms with Crippen molar-refractivity contribution in [1.29, 1.82) is 0 Å².